The number of ether oxygens (including phenoxy) is 2. The first-order chi connectivity index (χ1) is 17.9. The van der Waals surface area contributed by atoms with Crippen molar-refractivity contribution in [2.75, 3.05) is 67.6 Å². The van der Waals surface area contributed by atoms with Crippen LogP contribution < -0.4 is 19.9 Å². The number of carbonyl (C=O) groups is 1. The SMILES string of the molecule is CC(O)c1cc2c(c(N3CCN(C(C)C)CC3)c1)OC(C(=O)Nc1ccc(N3CCOCC3)cc1)CC2. The van der Waals surface area contributed by atoms with Crippen LogP contribution in [-0.4, -0.2) is 80.5 Å². The number of aliphatic hydroxyl groups is 1. The highest BCUT2D eigenvalue weighted by atomic mass is 16.5. The largest absolute Gasteiger partial charge is 0.478 e. The summed E-state index contributed by atoms with van der Waals surface area (Å²) in [4.78, 5) is 20.3. The van der Waals surface area contributed by atoms with E-state index in [1.807, 2.05) is 36.4 Å². The molecule has 0 bridgehead atoms. The number of benzene rings is 2. The normalized spacial score (nSPS) is 21.4. The van der Waals surface area contributed by atoms with Crippen LogP contribution in [0.15, 0.2) is 36.4 Å². The smallest absolute Gasteiger partial charge is 0.265 e. The van der Waals surface area contributed by atoms with Crippen molar-refractivity contribution < 1.29 is 19.4 Å². The molecule has 0 spiro atoms. The molecule has 3 aliphatic rings. The molecule has 2 N–H and O–H groups in total. The molecule has 8 heteroatoms. The Morgan fingerprint density at radius 3 is 2.32 bits per heavy atom. The van der Waals surface area contributed by atoms with Crippen molar-refractivity contribution in [1.29, 1.82) is 0 Å². The van der Waals surface area contributed by atoms with Gasteiger partial charge in [0, 0.05) is 56.7 Å². The van der Waals surface area contributed by atoms with Gasteiger partial charge in [0.1, 0.15) is 5.75 Å². The molecular weight excluding hydrogens is 468 g/mol. The van der Waals surface area contributed by atoms with Crippen molar-refractivity contribution in [2.24, 2.45) is 0 Å². The minimum atomic E-state index is -0.556. The van der Waals surface area contributed by atoms with Crippen LogP contribution in [0.5, 0.6) is 5.75 Å². The minimum absolute atomic E-state index is 0.125. The molecule has 1 amide bonds. The zero-order valence-corrected chi connectivity index (χ0v) is 22.3. The molecule has 8 nitrogen and oxygen atoms in total. The van der Waals surface area contributed by atoms with Gasteiger partial charge in [0.05, 0.1) is 25.0 Å². The fourth-order valence-electron chi connectivity index (χ4n) is 5.45. The highest BCUT2D eigenvalue weighted by Crippen LogP contribution is 2.40. The number of fused-ring (bicyclic) bond motifs is 1. The topological polar surface area (TPSA) is 77.5 Å². The van der Waals surface area contributed by atoms with E-state index in [1.54, 1.807) is 6.92 Å². The first-order valence-corrected chi connectivity index (χ1v) is 13.6. The van der Waals surface area contributed by atoms with Crippen molar-refractivity contribution in [2.45, 2.75) is 51.9 Å². The quantitative estimate of drug-likeness (QED) is 0.619. The second kappa shape index (κ2) is 11.3. The Labute approximate surface area is 220 Å². The summed E-state index contributed by atoms with van der Waals surface area (Å²) in [5, 5.41) is 13.4. The summed E-state index contributed by atoms with van der Waals surface area (Å²) in [5.41, 5.74) is 4.86. The Hall–Kier alpha value is -2.81. The van der Waals surface area contributed by atoms with E-state index in [2.05, 4.69) is 33.9 Å². The lowest BCUT2D eigenvalue weighted by atomic mass is 9.96. The summed E-state index contributed by atoms with van der Waals surface area (Å²) in [6.07, 6.45) is 0.235. The van der Waals surface area contributed by atoms with E-state index >= 15 is 0 Å². The molecule has 5 rings (SSSR count). The third kappa shape index (κ3) is 5.87. The van der Waals surface area contributed by atoms with Crippen LogP contribution in [0.2, 0.25) is 0 Å². The number of morpholine rings is 1. The summed E-state index contributed by atoms with van der Waals surface area (Å²) in [6.45, 7) is 13.3. The zero-order chi connectivity index (χ0) is 25.9. The first-order valence-electron chi connectivity index (χ1n) is 13.6. The molecule has 200 valence electrons. The lowest BCUT2D eigenvalue weighted by Crippen LogP contribution is -2.49. The van der Waals surface area contributed by atoms with Crippen molar-refractivity contribution in [1.82, 2.24) is 4.90 Å². The average molecular weight is 509 g/mol. The van der Waals surface area contributed by atoms with Gasteiger partial charge >= 0.3 is 0 Å². The van der Waals surface area contributed by atoms with Crippen LogP contribution in [-0.2, 0) is 16.0 Å². The molecule has 0 aliphatic carbocycles. The van der Waals surface area contributed by atoms with Crippen molar-refractivity contribution in [3.8, 4) is 5.75 Å². The van der Waals surface area contributed by atoms with Gasteiger partial charge in [-0.1, -0.05) is 0 Å². The molecule has 2 fully saturated rings. The zero-order valence-electron chi connectivity index (χ0n) is 22.3. The Morgan fingerprint density at radius 1 is 0.973 bits per heavy atom. The fourth-order valence-corrected chi connectivity index (χ4v) is 5.45. The number of anilines is 3. The third-order valence-corrected chi connectivity index (χ3v) is 7.78. The first kappa shape index (κ1) is 25.8. The van der Waals surface area contributed by atoms with Gasteiger partial charge in [0.2, 0.25) is 0 Å². The molecule has 2 aromatic rings. The second-order valence-electron chi connectivity index (χ2n) is 10.6. The van der Waals surface area contributed by atoms with Crippen LogP contribution >= 0.6 is 0 Å². The van der Waals surface area contributed by atoms with E-state index in [4.69, 9.17) is 9.47 Å². The van der Waals surface area contributed by atoms with Crippen LogP contribution in [0, 0.1) is 0 Å². The van der Waals surface area contributed by atoms with Gasteiger partial charge in [-0.2, -0.15) is 0 Å². The molecule has 37 heavy (non-hydrogen) atoms. The van der Waals surface area contributed by atoms with E-state index < -0.39 is 12.2 Å². The Kier molecular flexibility index (Phi) is 7.88. The lowest BCUT2D eigenvalue weighted by molar-refractivity contribution is -0.123. The number of rotatable bonds is 6. The van der Waals surface area contributed by atoms with Gasteiger partial charge < -0.3 is 29.7 Å². The number of nitrogens with one attached hydrogen (secondary N) is 1. The Morgan fingerprint density at radius 2 is 1.68 bits per heavy atom. The number of carbonyl (C=O) groups excluding carboxylic acids is 1. The Bertz CT molecular complexity index is 1070. The van der Waals surface area contributed by atoms with Crippen LogP contribution in [0.1, 0.15) is 44.4 Å². The van der Waals surface area contributed by atoms with E-state index in [0.29, 0.717) is 12.5 Å². The Balaban J connectivity index is 1.29. The predicted octanol–water partition coefficient (Wildman–Crippen LogP) is 3.44. The maximum absolute atomic E-state index is 13.2. The van der Waals surface area contributed by atoms with Crippen LogP contribution in [0.25, 0.3) is 0 Å². The van der Waals surface area contributed by atoms with Gasteiger partial charge in [0.25, 0.3) is 5.91 Å². The number of nitrogens with zero attached hydrogens (tertiary/aromatic N) is 3. The molecule has 3 heterocycles. The van der Waals surface area contributed by atoms with E-state index in [0.717, 1.165) is 92.8 Å². The minimum Gasteiger partial charge on any atom is -0.478 e. The molecular formula is C29H40N4O4. The highest BCUT2D eigenvalue weighted by molar-refractivity contribution is 5.95. The van der Waals surface area contributed by atoms with E-state index in [1.165, 1.54) is 0 Å². The molecule has 2 atom stereocenters. The van der Waals surface area contributed by atoms with Crippen molar-refractivity contribution >= 4 is 23.0 Å². The summed E-state index contributed by atoms with van der Waals surface area (Å²) in [5.74, 6) is 0.663. The molecule has 3 aliphatic heterocycles. The van der Waals surface area contributed by atoms with Gasteiger partial charge in [-0.25, -0.2) is 0 Å². The van der Waals surface area contributed by atoms with E-state index in [9.17, 15) is 9.90 Å². The number of amides is 1. The fraction of sp³-hybridized carbons (Fsp3) is 0.552. The number of hydrogen-bond acceptors (Lipinski definition) is 7. The molecule has 2 unspecified atom stereocenters. The molecule has 2 saturated heterocycles. The van der Waals surface area contributed by atoms with Crippen LogP contribution in [0.3, 0.4) is 0 Å². The average Bonchev–Trinajstić information content (AvgIpc) is 2.93. The highest BCUT2D eigenvalue weighted by Gasteiger charge is 2.31. The predicted molar refractivity (Wildman–Crippen MR) is 147 cm³/mol. The van der Waals surface area contributed by atoms with Crippen molar-refractivity contribution in [3.63, 3.8) is 0 Å². The summed E-state index contributed by atoms with van der Waals surface area (Å²) >= 11 is 0. The maximum atomic E-state index is 13.2. The number of hydrogen-bond donors (Lipinski definition) is 2. The van der Waals surface area contributed by atoms with E-state index in [-0.39, 0.29) is 5.91 Å². The van der Waals surface area contributed by atoms with Crippen LogP contribution in [0.4, 0.5) is 17.1 Å². The molecule has 0 aromatic heterocycles. The van der Waals surface area contributed by atoms with Gasteiger partial charge in [0.15, 0.2) is 6.10 Å². The lowest BCUT2D eigenvalue weighted by Gasteiger charge is -2.40. The molecule has 0 radical (unpaired) electrons. The standard InChI is InChI=1S/C29H40N4O4/c1-20(2)31-10-12-33(13-11-31)26-19-23(21(3)34)18-22-4-9-27(37-28(22)26)29(35)30-24-5-7-25(8-6-24)32-14-16-36-17-15-32/h5-8,18-21,27,34H,4,9-17H2,1-3H3,(H,30,35). The van der Waals surface area contributed by atoms with Crippen molar-refractivity contribution in [3.05, 3.63) is 47.5 Å². The van der Waals surface area contributed by atoms with Gasteiger partial charge in [-0.15, -0.1) is 0 Å². The van der Waals surface area contributed by atoms with Gasteiger partial charge in [-0.05, 0) is 81.1 Å². The number of piperazine rings is 1. The second-order valence-corrected chi connectivity index (χ2v) is 10.6. The third-order valence-electron chi connectivity index (χ3n) is 7.78. The molecule has 0 saturated carbocycles. The summed E-state index contributed by atoms with van der Waals surface area (Å²) in [7, 11) is 0. The van der Waals surface area contributed by atoms with Gasteiger partial charge in [-0.3, -0.25) is 9.69 Å². The summed E-state index contributed by atoms with van der Waals surface area (Å²) < 4.78 is 11.8. The number of aryl methyl sites for hydroxylation is 1. The maximum Gasteiger partial charge on any atom is 0.265 e. The monoisotopic (exact) mass is 508 g/mol. The number of aliphatic hydroxyl groups excluding tert-OH is 1. The molecule has 2 aromatic carbocycles. The summed E-state index contributed by atoms with van der Waals surface area (Å²) in [6, 6.07) is 12.6.